The van der Waals surface area contributed by atoms with Crippen LogP contribution in [-0.4, -0.2) is 56.4 Å². The second-order valence-corrected chi connectivity index (χ2v) is 12.8. The number of hydrogen-bond acceptors (Lipinski definition) is 8. The van der Waals surface area contributed by atoms with Gasteiger partial charge in [-0.05, 0) is 36.6 Å². The Kier molecular flexibility index (Phi) is 8.33. The van der Waals surface area contributed by atoms with Crippen LogP contribution >= 0.6 is 11.6 Å². The molecule has 1 N–H and O–H groups in total. The first kappa shape index (κ1) is 30.3. The molecule has 3 aromatic carbocycles. The van der Waals surface area contributed by atoms with Gasteiger partial charge in [-0.3, -0.25) is 10.1 Å². The lowest BCUT2D eigenvalue weighted by molar-refractivity contribution is -0.152. The Labute approximate surface area is 254 Å². The number of ether oxygens (including phenoxy) is 2. The zero-order chi connectivity index (χ0) is 30.9. The second-order valence-electron chi connectivity index (χ2n) is 10.4. The van der Waals surface area contributed by atoms with E-state index >= 15 is 0 Å². The Morgan fingerprint density at radius 1 is 1.00 bits per heavy atom. The van der Waals surface area contributed by atoms with Crippen molar-refractivity contribution < 1.29 is 32.0 Å². The quantitative estimate of drug-likeness (QED) is 0.238. The minimum Gasteiger partial charge on any atom is -0.468 e. The molecule has 10 nitrogen and oxygen atoms in total. The van der Waals surface area contributed by atoms with Crippen molar-refractivity contribution in [1.82, 2.24) is 9.46 Å². The Morgan fingerprint density at radius 2 is 1.58 bits per heavy atom. The number of carbonyl (C=O) groups excluding carboxylic acids is 2. The van der Waals surface area contributed by atoms with E-state index in [-0.39, 0.29) is 13.1 Å². The van der Waals surface area contributed by atoms with Gasteiger partial charge in [0.25, 0.3) is 0 Å². The van der Waals surface area contributed by atoms with Gasteiger partial charge in [0.05, 0.1) is 13.4 Å². The average molecular weight is 624 g/mol. The van der Waals surface area contributed by atoms with E-state index in [0.717, 1.165) is 17.4 Å². The van der Waals surface area contributed by atoms with Gasteiger partial charge in [0.15, 0.2) is 5.76 Å². The third kappa shape index (κ3) is 6.01. The molecule has 0 radical (unpaired) electrons. The SMILES string of the molecule is COC(=O)C1(c2ccc(-c3ccc(-c4onc(C)c4NC(=O)OC(C)c4ccccc4Cl)cc3)cc2)CN(S(C)(=O)=O)C1. The average Bonchev–Trinajstić information content (AvgIpc) is 3.31. The minimum absolute atomic E-state index is 0.0337. The number of amides is 1. The predicted molar refractivity (Wildman–Crippen MR) is 162 cm³/mol. The van der Waals surface area contributed by atoms with Crippen molar-refractivity contribution in [3.05, 3.63) is 94.6 Å². The summed E-state index contributed by atoms with van der Waals surface area (Å²) < 4.78 is 41.2. The van der Waals surface area contributed by atoms with Gasteiger partial charge in [-0.25, -0.2) is 13.2 Å². The van der Waals surface area contributed by atoms with Crippen LogP contribution in [-0.2, 0) is 29.7 Å². The maximum absolute atomic E-state index is 12.7. The summed E-state index contributed by atoms with van der Waals surface area (Å²) in [6.45, 7) is 3.52. The van der Waals surface area contributed by atoms with Gasteiger partial charge in [-0.2, -0.15) is 4.31 Å². The minimum atomic E-state index is -3.41. The lowest BCUT2D eigenvalue weighted by atomic mass is 9.75. The van der Waals surface area contributed by atoms with Crippen LogP contribution in [0.5, 0.6) is 0 Å². The normalized spacial score (nSPS) is 15.3. The third-order valence-electron chi connectivity index (χ3n) is 7.57. The van der Waals surface area contributed by atoms with Crippen molar-refractivity contribution in [2.45, 2.75) is 25.4 Å². The number of hydrogen-bond donors (Lipinski definition) is 1. The number of nitrogens with one attached hydrogen (secondary N) is 1. The number of methoxy groups -OCH3 is 1. The van der Waals surface area contributed by atoms with Crippen LogP contribution in [0.3, 0.4) is 0 Å². The van der Waals surface area contributed by atoms with Crippen LogP contribution in [0.1, 0.15) is 29.8 Å². The van der Waals surface area contributed by atoms with Crippen LogP contribution in [0, 0.1) is 6.92 Å². The highest BCUT2D eigenvalue weighted by molar-refractivity contribution is 7.88. The van der Waals surface area contributed by atoms with Gasteiger partial charge in [0.2, 0.25) is 10.0 Å². The van der Waals surface area contributed by atoms with Crippen LogP contribution in [0.15, 0.2) is 77.3 Å². The molecule has 224 valence electrons. The number of sulfonamides is 1. The predicted octanol–water partition coefficient (Wildman–Crippen LogP) is 5.97. The monoisotopic (exact) mass is 623 g/mol. The first-order valence-corrected chi connectivity index (χ1v) is 15.6. The molecule has 0 bridgehead atoms. The first-order chi connectivity index (χ1) is 20.4. The molecule has 43 heavy (non-hydrogen) atoms. The summed E-state index contributed by atoms with van der Waals surface area (Å²) in [5.41, 5.74) is 3.69. The Balaban J connectivity index is 1.31. The maximum atomic E-state index is 12.7. The molecule has 12 heteroatoms. The topological polar surface area (TPSA) is 128 Å². The standard InChI is InChI=1S/C31H30ClN3O7S/c1-19-27(33-30(37)41-20(2)25-7-5-6-8-26(25)32)28(42-34-19)23-11-9-21(10-12-23)22-13-15-24(16-14-22)31(29(36)40-3)17-35(18-31)43(4,38)39/h5-16,20H,17-18H2,1-4H3,(H,33,37). The summed E-state index contributed by atoms with van der Waals surface area (Å²) in [6.07, 6.45) is -0.130. The number of carbonyl (C=O) groups is 2. The Bertz CT molecular complexity index is 1760. The van der Waals surface area contributed by atoms with Gasteiger partial charge >= 0.3 is 12.1 Å². The van der Waals surface area contributed by atoms with E-state index in [0.29, 0.717) is 38.9 Å². The van der Waals surface area contributed by atoms with Crippen molar-refractivity contribution in [1.29, 1.82) is 0 Å². The number of rotatable bonds is 8. The molecule has 1 aliphatic rings. The number of anilines is 1. The zero-order valence-electron chi connectivity index (χ0n) is 24.0. The summed E-state index contributed by atoms with van der Waals surface area (Å²) >= 11 is 6.23. The highest BCUT2D eigenvalue weighted by Crippen LogP contribution is 2.39. The van der Waals surface area contributed by atoms with E-state index < -0.39 is 33.6 Å². The number of halogens is 1. The summed E-state index contributed by atoms with van der Waals surface area (Å²) in [6, 6.07) is 22.0. The second kappa shape index (κ2) is 11.8. The number of aryl methyl sites for hydroxylation is 1. The highest BCUT2D eigenvalue weighted by atomic mass is 35.5. The fourth-order valence-corrected chi connectivity index (χ4v) is 6.28. The molecule has 1 unspecified atom stereocenters. The molecule has 1 aromatic heterocycles. The van der Waals surface area contributed by atoms with Crippen molar-refractivity contribution >= 4 is 39.4 Å². The Hall–Kier alpha value is -4.19. The molecule has 5 rings (SSSR count). The molecular weight excluding hydrogens is 594 g/mol. The van der Waals surface area contributed by atoms with E-state index in [2.05, 4.69) is 10.5 Å². The molecule has 1 fully saturated rings. The van der Waals surface area contributed by atoms with Crippen molar-refractivity contribution in [2.24, 2.45) is 0 Å². The van der Waals surface area contributed by atoms with E-state index in [4.69, 9.17) is 25.6 Å². The summed E-state index contributed by atoms with van der Waals surface area (Å²) in [7, 11) is -2.12. The molecule has 1 amide bonds. The molecule has 1 atom stereocenters. The van der Waals surface area contributed by atoms with Crippen molar-refractivity contribution in [3.63, 3.8) is 0 Å². The van der Waals surface area contributed by atoms with Crippen LogP contribution in [0.25, 0.3) is 22.5 Å². The molecule has 1 saturated heterocycles. The fraction of sp³-hybridized carbons (Fsp3) is 0.258. The van der Waals surface area contributed by atoms with Gasteiger partial charge < -0.3 is 14.0 Å². The maximum Gasteiger partial charge on any atom is 0.412 e. The molecule has 0 saturated carbocycles. The molecule has 0 spiro atoms. The van der Waals surface area contributed by atoms with E-state index in [1.165, 1.54) is 11.4 Å². The number of benzene rings is 3. The van der Waals surface area contributed by atoms with E-state index in [1.807, 2.05) is 54.6 Å². The fourth-order valence-electron chi connectivity index (χ4n) is 5.09. The van der Waals surface area contributed by atoms with Gasteiger partial charge in [0, 0.05) is 29.2 Å². The molecule has 1 aliphatic heterocycles. The highest BCUT2D eigenvalue weighted by Gasteiger charge is 2.54. The summed E-state index contributed by atoms with van der Waals surface area (Å²) in [4.78, 5) is 25.4. The summed E-state index contributed by atoms with van der Waals surface area (Å²) in [5, 5.41) is 7.27. The van der Waals surface area contributed by atoms with Gasteiger partial charge in [-0.1, -0.05) is 83.5 Å². The van der Waals surface area contributed by atoms with Crippen LogP contribution in [0.4, 0.5) is 10.5 Å². The summed E-state index contributed by atoms with van der Waals surface area (Å²) in [5.74, 6) is -0.0966. The van der Waals surface area contributed by atoms with Gasteiger partial charge in [-0.15, -0.1) is 0 Å². The molecule has 4 aromatic rings. The zero-order valence-corrected chi connectivity index (χ0v) is 25.5. The number of aromatic nitrogens is 1. The third-order valence-corrected chi connectivity index (χ3v) is 9.11. The lowest BCUT2D eigenvalue weighted by Crippen LogP contribution is -2.65. The largest absolute Gasteiger partial charge is 0.468 e. The van der Waals surface area contributed by atoms with Crippen molar-refractivity contribution in [3.8, 4) is 22.5 Å². The molecular formula is C31H30ClN3O7S. The van der Waals surface area contributed by atoms with Gasteiger partial charge in [0.1, 0.15) is 22.9 Å². The number of esters is 1. The Morgan fingerprint density at radius 3 is 2.16 bits per heavy atom. The number of nitrogens with zero attached hydrogens (tertiary/aromatic N) is 2. The first-order valence-electron chi connectivity index (χ1n) is 13.4. The van der Waals surface area contributed by atoms with E-state index in [1.54, 1.807) is 32.0 Å². The smallest absolute Gasteiger partial charge is 0.412 e. The lowest BCUT2D eigenvalue weighted by Gasteiger charge is -2.46. The van der Waals surface area contributed by atoms with Crippen LogP contribution < -0.4 is 5.32 Å². The molecule has 0 aliphatic carbocycles. The van der Waals surface area contributed by atoms with Crippen molar-refractivity contribution in [2.75, 3.05) is 31.8 Å². The van der Waals surface area contributed by atoms with E-state index in [9.17, 15) is 18.0 Å². The van der Waals surface area contributed by atoms with Crippen LogP contribution in [0.2, 0.25) is 5.02 Å². The molecule has 2 heterocycles.